The summed E-state index contributed by atoms with van der Waals surface area (Å²) >= 11 is 0. The number of hydrogen-bond acceptors (Lipinski definition) is 4. The van der Waals surface area contributed by atoms with Crippen LogP contribution in [0.5, 0.6) is 0 Å². The molecule has 0 N–H and O–H groups in total. The fourth-order valence-corrected chi connectivity index (χ4v) is 2.38. The van der Waals surface area contributed by atoms with E-state index >= 15 is 0 Å². The monoisotopic (exact) mass is 283 g/mol. The van der Waals surface area contributed by atoms with E-state index in [0.29, 0.717) is 16.7 Å². The van der Waals surface area contributed by atoms with Crippen LogP contribution < -0.4 is 0 Å². The van der Waals surface area contributed by atoms with Crippen molar-refractivity contribution in [3.63, 3.8) is 0 Å². The summed E-state index contributed by atoms with van der Waals surface area (Å²) in [6, 6.07) is 6.52. The van der Waals surface area contributed by atoms with Gasteiger partial charge < -0.3 is 4.42 Å². The van der Waals surface area contributed by atoms with Gasteiger partial charge in [-0.25, -0.2) is 0 Å². The van der Waals surface area contributed by atoms with Crippen molar-refractivity contribution >= 4 is 17.6 Å². The molecule has 0 spiro atoms. The maximum atomic E-state index is 12.4. The van der Waals surface area contributed by atoms with E-state index in [4.69, 9.17) is 4.42 Å². The SMILES string of the molecule is Cc1ccoc1C(=O)c1ccc2c(c1)C(=O)N(C)C(=O)C2. The highest BCUT2D eigenvalue weighted by molar-refractivity contribution is 6.13. The third kappa shape index (κ3) is 2.07. The lowest BCUT2D eigenvalue weighted by molar-refractivity contribution is -0.127. The zero-order valence-corrected chi connectivity index (χ0v) is 11.7. The second-order valence-corrected chi connectivity index (χ2v) is 5.07. The number of imide groups is 1. The van der Waals surface area contributed by atoms with E-state index in [2.05, 4.69) is 0 Å². The Morgan fingerprint density at radius 2 is 2.00 bits per heavy atom. The lowest BCUT2D eigenvalue weighted by atomic mass is 9.94. The average Bonchev–Trinajstić information content (AvgIpc) is 2.90. The number of hydrogen-bond donors (Lipinski definition) is 0. The van der Waals surface area contributed by atoms with Gasteiger partial charge in [0.05, 0.1) is 12.7 Å². The molecule has 106 valence electrons. The topological polar surface area (TPSA) is 67.6 Å². The second kappa shape index (κ2) is 4.70. The number of amides is 2. The highest BCUT2D eigenvalue weighted by atomic mass is 16.3. The summed E-state index contributed by atoms with van der Waals surface area (Å²) < 4.78 is 5.19. The Hall–Kier alpha value is -2.69. The highest BCUT2D eigenvalue weighted by Gasteiger charge is 2.29. The minimum atomic E-state index is -0.382. The van der Waals surface area contributed by atoms with Crippen LogP contribution in [0.15, 0.2) is 34.9 Å². The maximum absolute atomic E-state index is 12.4. The summed E-state index contributed by atoms with van der Waals surface area (Å²) in [5, 5.41) is 0. The van der Waals surface area contributed by atoms with Crippen molar-refractivity contribution in [3.8, 4) is 0 Å². The van der Waals surface area contributed by atoms with Crippen LogP contribution >= 0.6 is 0 Å². The van der Waals surface area contributed by atoms with Gasteiger partial charge >= 0.3 is 0 Å². The minimum absolute atomic E-state index is 0.172. The van der Waals surface area contributed by atoms with Gasteiger partial charge in [0.1, 0.15) is 0 Å². The van der Waals surface area contributed by atoms with Crippen molar-refractivity contribution < 1.29 is 18.8 Å². The Morgan fingerprint density at radius 3 is 2.67 bits per heavy atom. The van der Waals surface area contributed by atoms with Gasteiger partial charge in [-0.1, -0.05) is 12.1 Å². The highest BCUT2D eigenvalue weighted by Crippen LogP contribution is 2.23. The maximum Gasteiger partial charge on any atom is 0.260 e. The van der Waals surface area contributed by atoms with Crippen molar-refractivity contribution in [3.05, 3.63) is 58.5 Å². The number of nitrogens with zero attached hydrogens (tertiary/aromatic N) is 1. The van der Waals surface area contributed by atoms with Gasteiger partial charge in [0, 0.05) is 18.2 Å². The molecule has 0 fully saturated rings. The lowest BCUT2D eigenvalue weighted by Gasteiger charge is -2.23. The van der Waals surface area contributed by atoms with Crippen molar-refractivity contribution in [1.29, 1.82) is 0 Å². The first kappa shape index (κ1) is 13.3. The molecule has 0 unspecified atom stereocenters. The number of carbonyl (C=O) groups is 3. The zero-order valence-electron chi connectivity index (χ0n) is 11.7. The third-order valence-corrected chi connectivity index (χ3v) is 3.69. The molecular formula is C16H13NO4. The molecule has 5 heteroatoms. The quantitative estimate of drug-likeness (QED) is 0.624. The number of aryl methyl sites for hydroxylation is 1. The summed E-state index contributed by atoms with van der Waals surface area (Å²) in [6.45, 7) is 1.78. The lowest BCUT2D eigenvalue weighted by Crippen LogP contribution is -2.39. The molecule has 5 nitrogen and oxygen atoms in total. The first-order chi connectivity index (χ1) is 9.99. The van der Waals surface area contributed by atoms with Crippen molar-refractivity contribution in [1.82, 2.24) is 4.90 Å². The van der Waals surface area contributed by atoms with Crippen LogP contribution in [-0.2, 0) is 11.2 Å². The molecule has 1 aliphatic rings. The van der Waals surface area contributed by atoms with Crippen LogP contribution in [0.4, 0.5) is 0 Å². The minimum Gasteiger partial charge on any atom is -0.461 e. The van der Waals surface area contributed by atoms with Gasteiger partial charge in [-0.2, -0.15) is 0 Å². The van der Waals surface area contributed by atoms with E-state index in [-0.39, 0.29) is 29.8 Å². The van der Waals surface area contributed by atoms with Crippen LogP contribution in [-0.4, -0.2) is 29.5 Å². The first-order valence-corrected chi connectivity index (χ1v) is 6.51. The molecule has 3 rings (SSSR count). The molecule has 0 saturated heterocycles. The Morgan fingerprint density at radius 1 is 1.24 bits per heavy atom. The van der Waals surface area contributed by atoms with Crippen molar-refractivity contribution in [2.45, 2.75) is 13.3 Å². The predicted octanol–water partition coefficient (Wildman–Crippen LogP) is 1.97. The van der Waals surface area contributed by atoms with Gasteiger partial charge in [0.2, 0.25) is 11.7 Å². The summed E-state index contributed by atoms with van der Waals surface area (Å²) in [6.07, 6.45) is 1.63. The largest absolute Gasteiger partial charge is 0.461 e. The number of carbonyl (C=O) groups excluding carboxylic acids is 3. The second-order valence-electron chi connectivity index (χ2n) is 5.07. The molecular weight excluding hydrogens is 270 g/mol. The molecule has 2 aromatic rings. The molecule has 0 bridgehead atoms. The van der Waals surface area contributed by atoms with E-state index < -0.39 is 0 Å². The van der Waals surface area contributed by atoms with E-state index in [1.54, 1.807) is 25.1 Å². The van der Waals surface area contributed by atoms with Gasteiger partial charge in [0.15, 0.2) is 5.76 Å². The first-order valence-electron chi connectivity index (χ1n) is 6.51. The standard InChI is InChI=1S/C16H13NO4/c1-9-5-6-21-15(9)14(19)11-4-3-10-8-13(18)17(2)16(20)12(10)7-11/h3-7H,8H2,1-2H3. The molecule has 21 heavy (non-hydrogen) atoms. The number of benzene rings is 1. The molecule has 2 heterocycles. The Balaban J connectivity index is 2.04. The van der Waals surface area contributed by atoms with E-state index in [1.165, 1.54) is 19.4 Å². The number of ketones is 1. The molecule has 0 atom stereocenters. The number of fused-ring (bicyclic) bond motifs is 1. The van der Waals surface area contributed by atoms with Gasteiger partial charge in [-0.05, 0) is 30.2 Å². The van der Waals surface area contributed by atoms with Gasteiger partial charge in [-0.15, -0.1) is 0 Å². The van der Waals surface area contributed by atoms with Gasteiger partial charge in [0.25, 0.3) is 5.91 Å². The smallest absolute Gasteiger partial charge is 0.260 e. The summed E-state index contributed by atoms with van der Waals surface area (Å²) in [7, 11) is 1.44. The number of likely N-dealkylation sites (N-methyl/N-ethyl adjacent to an activating group) is 1. The number of rotatable bonds is 2. The predicted molar refractivity (Wildman–Crippen MR) is 74.1 cm³/mol. The van der Waals surface area contributed by atoms with Crippen molar-refractivity contribution in [2.75, 3.05) is 7.05 Å². The van der Waals surface area contributed by atoms with E-state index in [1.807, 2.05) is 0 Å². The van der Waals surface area contributed by atoms with Crippen molar-refractivity contribution in [2.24, 2.45) is 0 Å². The Bertz CT molecular complexity index is 772. The number of furan rings is 1. The summed E-state index contributed by atoms with van der Waals surface area (Å²) in [5.74, 6) is -0.629. The normalized spacial score (nSPS) is 14.3. The average molecular weight is 283 g/mol. The molecule has 2 amide bonds. The van der Waals surface area contributed by atoms with E-state index in [9.17, 15) is 14.4 Å². The Kier molecular flexibility index (Phi) is 2.97. The Labute approximate surface area is 121 Å². The van der Waals surface area contributed by atoms with Gasteiger partial charge in [-0.3, -0.25) is 19.3 Å². The summed E-state index contributed by atoms with van der Waals surface area (Å²) in [4.78, 5) is 37.2. The zero-order chi connectivity index (χ0) is 15.1. The van der Waals surface area contributed by atoms with Crippen LogP contribution in [0.1, 0.15) is 37.6 Å². The molecule has 1 aromatic carbocycles. The fourth-order valence-electron chi connectivity index (χ4n) is 2.38. The van der Waals surface area contributed by atoms with E-state index in [0.717, 1.165) is 10.5 Å². The fraction of sp³-hybridized carbons (Fsp3) is 0.188. The van der Waals surface area contributed by atoms with Crippen LogP contribution in [0.3, 0.4) is 0 Å². The molecule has 0 saturated carbocycles. The molecule has 1 aromatic heterocycles. The van der Waals surface area contributed by atoms with Crippen LogP contribution in [0.25, 0.3) is 0 Å². The molecule has 0 radical (unpaired) electrons. The molecule has 0 aliphatic carbocycles. The van der Waals surface area contributed by atoms with Crippen LogP contribution in [0.2, 0.25) is 0 Å². The molecule has 1 aliphatic heterocycles. The summed E-state index contributed by atoms with van der Waals surface area (Å²) in [5.41, 5.74) is 2.17. The van der Waals surface area contributed by atoms with Crippen LogP contribution in [0, 0.1) is 6.92 Å². The third-order valence-electron chi connectivity index (χ3n) is 3.69.